The number of hydrogen-bond acceptors (Lipinski definition) is 4. The minimum Gasteiger partial charge on any atom is -0.486 e. The fourth-order valence-corrected chi connectivity index (χ4v) is 3.52. The number of H-pyrrole nitrogens is 1. The molecule has 0 fully saturated rings. The summed E-state index contributed by atoms with van der Waals surface area (Å²) in [5.41, 5.74) is 2.90. The number of carbonyl (C=O) groups is 1. The van der Waals surface area contributed by atoms with E-state index in [2.05, 4.69) is 15.2 Å². The second-order valence-electron chi connectivity index (χ2n) is 6.88. The van der Waals surface area contributed by atoms with Gasteiger partial charge in [-0.1, -0.05) is 48.9 Å². The van der Waals surface area contributed by atoms with E-state index in [1.165, 1.54) is 12.1 Å². The Hall–Kier alpha value is -3.25. The maximum atomic E-state index is 15.1. The van der Waals surface area contributed by atoms with Gasteiger partial charge in [0, 0.05) is 23.7 Å². The van der Waals surface area contributed by atoms with Crippen LogP contribution in [0.5, 0.6) is 5.75 Å². The summed E-state index contributed by atoms with van der Waals surface area (Å²) >= 11 is 6.16. The SMILES string of the molecule is CCc1[nH]nc2ncc(CC(=O)c3c(Cl)ccc(OCc4ccccc4)c3F)cc12. The van der Waals surface area contributed by atoms with Gasteiger partial charge in [0.25, 0.3) is 0 Å². The predicted molar refractivity (Wildman–Crippen MR) is 113 cm³/mol. The molecule has 0 amide bonds. The topological polar surface area (TPSA) is 67.9 Å². The number of benzene rings is 2. The van der Waals surface area contributed by atoms with E-state index < -0.39 is 11.6 Å². The van der Waals surface area contributed by atoms with Gasteiger partial charge in [-0.2, -0.15) is 5.10 Å². The maximum Gasteiger partial charge on any atom is 0.181 e. The highest BCUT2D eigenvalue weighted by Gasteiger charge is 2.21. The zero-order valence-corrected chi connectivity index (χ0v) is 17.0. The first-order valence-corrected chi connectivity index (χ1v) is 9.94. The minimum atomic E-state index is -0.755. The van der Waals surface area contributed by atoms with Crippen molar-refractivity contribution in [3.8, 4) is 5.75 Å². The van der Waals surface area contributed by atoms with Crippen LogP contribution in [0.2, 0.25) is 5.02 Å². The summed E-state index contributed by atoms with van der Waals surface area (Å²) in [6.45, 7) is 2.19. The van der Waals surface area contributed by atoms with Gasteiger partial charge in [-0.15, -0.1) is 0 Å². The van der Waals surface area contributed by atoms with Gasteiger partial charge in [0.1, 0.15) is 6.61 Å². The first-order valence-electron chi connectivity index (χ1n) is 9.56. The summed E-state index contributed by atoms with van der Waals surface area (Å²) < 4.78 is 20.6. The number of carbonyl (C=O) groups excluding carboxylic acids is 1. The van der Waals surface area contributed by atoms with Gasteiger partial charge < -0.3 is 4.74 Å². The molecule has 0 saturated heterocycles. The lowest BCUT2D eigenvalue weighted by Gasteiger charge is -2.11. The van der Waals surface area contributed by atoms with E-state index in [1.54, 1.807) is 6.20 Å². The van der Waals surface area contributed by atoms with Crippen molar-refractivity contribution in [3.05, 3.63) is 88.0 Å². The lowest BCUT2D eigenvalue weighted by atomic mass is 10.0. The van der Waals surface area contributed by atoms with Crippen LogP contribution in [0.3, 0.4) is 0 Å². The Labute approximate surface area is 177 Å². The average molecular weight is 424 g/mol. The van der Waals surface area contributed by atoms with Crippen molar-refractivity contribution in [3.63, 3.8) is 0 Å². The van der Waals surface area contributed by atoms with E-state index in [0.29, 0.717) is 11.2 Å². The highest BCUT2D eigenvalue weighted by atomic mass is 35.5. The van der Waals surface area contributed by atoms with E-state index in [9.17, 15) is 4.79 Å². The number of aromatic nitrogens is 3. The van der Waals surface area contributed by atoms with Crippen LogP contribution in [0.25, 0.3) is 11.0 Å². The highest BCUT2D eigenvalue weighted by molar-refractivity contribution is 6.34. The lowest BCUT2D eigenvalue weighted by molar-refractivity contribution is 0.0988. The number of aromatic amines is 1. The number of nitrogens with one attached hydrogen (secondary N) is 1. The minimum absolute atomic E-state index is 0.0108. The summed E-state index contributed by atoms with van der Waals surface area (Å²) in [5.74, 6) is -1.20. The molecule has 0 bridgehead atoms. The van der Waals surface area contributed by atoms with Gasteiger partial charge in [0.15, 0.2) is 23.0 Å². The maximum absolute atomic E-state index is 15.1. The van der Waals surface area contributed by atoms with Crippen LogP contribution >= 0.6 is 11.6 Å². The quantitative estimate of drug-likeness (QED) is 0.408. The van der Waals surface area contributed by atoms with Crippen LogP contribution in [0.4, 0.5) is 4.39 Å². The van der Waals surface area contributed by atoms with Gasteiger partial charge in [-0.05, 0) is 35.7 Å². The summed E-state index contributed by atoms with van der Waals surface area (Å²) in [4.78, 5) is 17.2. The lowest BCUT2D eigenvalue weighted by Crippen LogP contribution is -2.09. The van der Waals surface area contributed by atoms with E-state index in [1.807, 2.05) is 43.3 Å². The molecule has 0 aliphatic carbocycles. The molecule has 4 aromatic rings. The molecule has 0 spiro atoms. The van der Waals surface area contributed by atoms with E-state index in [-0.39, 0.29) is 29.4 Å². The van der Waals surface area contributed by atoms with Gasteiger partial charge >= 0.3 is 0 Å². The van der Waals surface area contributed by atoms with Gasteiger partial charge in [0.2, 0.25) is 0 Å². The standard InChI is InChI=1S/C23H19ClFN3O2/c1-2-18-16-10-15(12-26-23(16)28-27-18)11-19(29)21-17(24)8-9-20(22(21)25)30-13-14-6-4-3-5-7-14/h3-10,12H,2,11,13H2,1H3,(H,26,27,28). The fourth-order valence-electron chi connectivity index (χ4n) is 3.27. The van der Waals surface area contributed by atoms with Crippen molar-refractivity contribution < 1.29 is 13.9 Å². The molecule has 0 aliphatic rings. The Morgan fingerprint density at radius 2 is 1.97 bits per heavy atom. The zero-order chi connectivity index (χ0) is 21.1. The molecule has 2 heterocycles. The number of hydrogen-bond donors (Lipinski definition) is 1. The summed E-state index contributed by atoms with van der Waals surface area (Å²) in [6, 6.07) is 14.2. The summed E-state index contributed by atoms with van der Waals surface area (Å²) in [6.07, 6.45) is 2.30. The van der Waals surface area contributed by atoms with Crippen LogP contribution in [0.1, 0.15) is 34.1 Å². The van der Waals surface area contributed by atoms with Crippen molar-refractivity contribution in [1.29, 1.82) is 0 Å². The van der Waals surface area contributed by atoms with Crippen molar-refractivity contribution in [1.82, 2.24) is 15.2 Å². The number of fused-ring (bicyclic) bond motifs is 1. The molecule has 0 saturated carbocycles. The number of halogens is 2. The van der Waals surface area contributed by atoms with Crippen LogP contribution in [0.15, 0.2) is 54.7 Å². The molecule has 5 nitrogen and oxygen atoms in total. The first-order chi connectivity index (χ1) is 14.6. The molecule has 1 N–H and O–H groups in total. The Balaban J connectivity index is 1.57. The molecule has 4 rings (SSSR count). The second kappa shape index (κ2) is 8.63. The second-order valence-corrected chi connectivity index (χ2v) is 7.29. The smallest absolute Gasteiger partial charge is 0.181 e. The third-order valence-electron chi connectivity index (χ3n) is 4.84. The number of ether oxygens (including phenoxy) is 1. The molecule has 0 radical (unpaired) electrons. The number of rotatable bonds is 7. The molecule has 30 heavy (non-hydrogen) atoms. The van der Waals surface area contributed by atoms with Crippen molar-refractivity contribution in [2.75, 3.05) is 0 Å². The molecule has 2 aromatic carbocycles. The zero-order valence-electron chi connectivity index (χ0n) is 16.3. The Morgan fingerprint density at radius 3 is 2.73 bits per heavy atom. The number of pyridine rings is 1. The summed E-state index contributed by atoms with van der Waals surface area (Å²) in [5, 5.41) is 7.98. The fraction of sp³-hybridized carbons (Fsp3) is 0.174. The van der Waals surface area contributed by atoms with Gasteiger partial charge in [-0.25, -0.2) is 9.37 Å². The monoisotopic (exact) mass is 423 g/mol. The van der Waals surface area contributed by atoms with Crippen LogP contribution < -0.4 is 4.74 Å². The Bertz CT molecular complexity index is 1210. The molecule has 2 aromatic heterocycles. The molecule has 7 heteroatoms. The largest absolute Gasteiger partial charge is 0.486 e. The number of nitrogens with zero attached hydrogens (tertiary/aromatic N) is 2. The van der Waals surface area contributed by atoms with Crippen LogP contribution in [-0.4, -0.2) is 21.0 Å². The Morgan fingerprint density at radius 1 is 1.17 bits per heavy atom. The highest BCUT2D eigenvalue weighted by Crippen LogP contribution is 2.29. The molecule has 152 valence electrons. The third-order valence-corrected chi connectivity index (χ3v) is 5.15. The summed E-state index contributed by atoms with van der Waals surface area (Å²) in [7, 11) is 0. The van der Waals surface area contributed by atoms with Crippen LogP contribution in [0, 0.1) is 5.82 Å². The van der Waals surface area contributed by atoms with E-state index >= 15 is 4.39 Å². The molecule has 0 unspecified atom stereocenters. The molecule has 0 atom stereocenters. The van der Waals surface area contributed by atoms with Crippen LogP contribution in [-0.2, 0) is 19.4 Å². The normalized spacial score (nSPS) is 11.0. The number of aryl methyl sites for hydroxylation is 1. The first kappa shape index (κ1) is 20.0. The third kappa shape index (κ3) is 4.04. The molecule has 0 aliphatic heterocycles. The van der Waals surface area contributed by atoms with Crippen molar-refractivity contribution >= 4 is 28.4 Å². The Kier molecular flexibility index (Phi) is 5.77. The van der Waals surface area contributed by atoms with Gasteiger partial charge in [-0.3, -0.25) is 9.89 Å². The average Bonchev–Trinajstić information content (AvgIpc) is 3.16. The van der Waals surface area contributed by atoms with Gasteiger partial charge in [0.05, 0.1) is 10.6 Å². The van der Waals surface area contributed by atoms with Crippen molar-refractivity contribution in [2.45, 2.75) is 26.4 Å². The van der Waals surface area contributed by atoms with E-state index in [0.717, 1.165) is 23.1 Å². The number of Topliss-reactive ketones (excluding diaryl/α,β-unsaturated/α-hetero) is 1. The van der Waals surface area contributed by atoms with E-state index in [4.69, 9.17) is 16.3 Å². The number of ketones is 1. The predicted octanol–water partition coefficient (Wildman–Crippen LogP) is 5.32. The molecular weight excluding hydrogens is 405 g/mol. The van der Waals surface area contributed by atoms with Crippen molar-refractivity contribution in [2.24, 2.45) is 0 Å². The molecular formula is C23H19ClFN3O2.